The van der Waals surface area contributed by atoms with Gasteiger partial charge in [-0.3, -0.25) is 24.1 Å². The minimum absolute atomic E-state index is 0.00789. The molecule has 0 bridgehead atoms. The zero-order valence-corrected chi connectivity index (χ0v) is 13.1. The zero-order chi connectivity index (χ0) is 16.7. The maximum absolute atomic E-state index is 11.9. The average Bonchev–Trinajstić information content (AvgIpc) is 2.78. The highest BCUT2D eigenvalue weighted by Crippen LogP contribution is 2.12. The molecule has 0 unspecified atom stereocenters. The van der Waals surface area contributed by atoms with Gasteiger partial charge in [-0.25, -0.2) is 0 Å². The number of carbonyl (C=O) groups excluding carboxylic acids is 4. The topological polar surface area (TPSA) is 84.0 Å². The zero-order valence-electron chi connectivity index (χ0n) is 13.1. The predicted octanol–water partition coefficient (Wildman–Crippen LogP) is 0.493. The molecule has 7 nitrogen and oxygen atoms in total. The third-order valence-electron chi connectivity index (χ3n) is 3.25. The molecule has 0 aliphatic carbocycles. The Bertz CT molecular complexity index is 470. The van der Waals surface area contributed by atoms with E-state index in [1.807, 2.05) is 13.8 Å². The number of hydrogen-bond acceptors (Lipinski definition) is 5. The van der Waals surface area contributed by atoms with Crippen molar-refractivity contribution in [2.75, 3.05) is 26.2 Å². The lowest BCUT2D eigenvalue weighted by Gasteiger charge is -2.20. The molecule has 1 saturated heterocycles. The summed E-state index contributed by atoms with van der Waals surface area (Å²) in [6, 6.07) is 0. The van der Waals surface area contributed by atoms with Crippen LogP contribution in [0.25, 0.3) is 0 Å². The molecule has 0 spiro atoms. The number of likely N-dealkylation sites (N-methyl/N-ethyl adjacent to an activating group) is 1. The lowest BCUT2D eigenvalue weighted by atomic mass is 10.3. The average molecular weight is 310 g/mol. The fourth-order valence-electron chi connectivity index (χ4n) is 2.08. The van der Waals surface area contributed by atoms with Crippen molar-refractivity contribution in [1.29, 1.82) is 0 Å². The number of rotatable bonds is 8. The van der Waals surface area contributed by atoms with Crippen LogP contribution < -0.4 is 0 Å². The van der Waals surface area contributed by atoms with E-state index in [4.69, 9.17) is 4.74 Å². The Balaban J connectivity index is 2.33. The van der Waals surface area contributed by atoms with Crippen LogP contribution >= 0.6 is 0 Å². The summed E-state index contributed by atoms with van der Waals surface area (Å²) < 4.78 is 4.89. The Morgan fingerprint density at radius 3 is 2.36 bits per heavy atom. The van der Waals surface area contributed by atoms with Crippen LogP contribution in [0.4, 0.5) is 0 Å². The predicted molar refractivity (Wildman–Crippen MR) is 78.6 cm³/mol. The Morgan fingerprint density at radius 2 is 1.86 bits per heavy atom. The quantitative estimate of drug-likeness (QED) is 0.370. The van der Waals surface area contributed by atoms with E-state index in [1.165, 1.54) is 4.90 Å². The number of hydrogen-bond donors (Lipinski definition) is 0. The first-order valence-electron chi connectivity index (χ1n) is 7.26. The van der Waals surface area contributed by atoms with Crippen LogP contribution in [-0.2, 0) is 23.9 Å². The minimum Gasteiger partial charge on any atom is -0.456 e. The van der Waals surface area contributed by atoms with Gasteiger partial charge >= 0.3 is 5.97 Å². The molecule has 3 amide bonds. The van der Waals surface area contributed by atoms with Crippen molar-refractivity contribution in [3.63, 3.8) is 0 Å². The molecule has 0 radical (unpaired) electrons. The van der Waals surface area contributed by atoms with E-state index in [1.54, 1.807) is 0 Å². The van der Waals surface area contributed by atoms with Gasteiger partial charge in [0.1, 0.15) is 0 Å². The lowest BCUT2D eigenvalue weighted by Crippen LogP contribution is -2.36. The fourth-order valence-corrected chi connectivity index (χ4v) is 2.08. The first-order chi connectivity index (χ1) is 10.3. The van der Waals surface area contributed by atoms with Crippen LogP contribution in [0.1, 0.15) is 33.1 Å². The number of nitrogens with zero attached hydrogens (tertiary/aromatic N) is 2. The molecule has 0 N–H and O–H groups in total. The van der Waals surface area contributed by atoms with Gasteiger partial charge in [-0.15, -0.1) is 0 Å². The van der Waals surface area contributed by atoms with E-state index in [9.17, 15) is 19.2 Å². The standard InChI is InChI=1S/C15H22N2O5/c1-4-16(9-11(2)3)14(20)10-22-15(21)7-8-17-12(18)5-6-13(17)19/h2,4-10H2,1,3H3. The van der Waals surface area contributed by atoms with Crippen LogP contribution in [-0.4, -0.2) is 59.7 Å². The number of ether oxygens (including phenoxy) is 1. The molecule has 22 heavy (non-hydrogen) atoms. The lowest BCUT2D eigenvalue weighted by molar-refractivity contribution is -0.152. The Morgan fingerprint density at radius 1 is 1.27 bits per heavy atom. The monoisotopic (exact) mass is 310 g/mol. The second kappa shape index (κ2) is 8.31. The molecule has 122 valence electrons. The maximum Gasteiger partial charge on any atom is 0.308 e. The normalized spacial score (nSPS) is 14.2. The summed E-state index contributed by atoms with van der Waals surface area (Å²) in [4.78, 5) is 48.8. The number of imide groups is 1. The Hall–Kier alpha value is -2.18. The van der Waals surface area contributed by atoms with Crippen molar-refractivity contribution in [2.24, 2.45) is 0 Å². The first kappa shape index (κ1) is 17.9. The number of amides is 3. The summed E-state index contributed by atoms with van der Waals surface area (Å²) in [5.74, 6) is -1.45. The first-order valence-corrected chi connectivity index (χ1v) is 7.26. The van der Waals surface area contributed by atoms with Gasteiger partial charge in [0.15, 0.2) is 6.61 Å². The highest BCUT2D eigenvalue weighted by molar-refractivity contribution is 6.02. The number of esters is 1. The molecule has 0 aromatic rings. The van der Waals surface area contributed by atoms with E-state index in [0.717, 1.165) is 10.5 Å². The van der Waals surface area contributed by atoms with Crippen molar-refractivity contribution < 1.29 is 23.9 Å². The summed E-state index contributed by atoms with van der Waals surface area (Å²) in [6.45, 7) is 7.96. The molecule has 7 heteroatoms. The van der Waals surface area contributed by atoms with Crippen molar-refractivity contribution in [2.45, 2.75) is 33.1 Å². The molecule has 1 aliphatic heterocycles. The summed E-state index contributed by atoms with van der Waals surface area (Å²) in [7, 11) is 0. The smallest absolute Gasteiger partial charge is 0.308 e. The highest BCUT2D eigenvalue weighted by Gasteiger charge is 2.29. The largest absolute Gasteiger partial charge is 0.456 e. The maximum atomic E-state index is 11.9. The van der Waals surface area contributed by atoms with Crippen molar-refractivity contribution in [3.8, 4) is 0 Å². The minimum atomic E-state index is -0.604. The van der Waals surface area contributed by atoms with Gasteiger partial charge in [0, 0.05) is 32.5 Å². The van der Waals surface area contributed by atoms with E-state index in [0.29, 0.717) is 13.1 Å². The molecule has 1 heterocycles. The molecule has 0 aromatic heterocycles. The van der Waals surface area contributed by atoms with Gasteiger partial charge < -0.3 is 9.64 Å². The Kier molecular flexibility index (Phi) is 6.75. The van der Waals surface area contributed by atoms with Crippen LogP contribution in [0.3, 0.4) is 0 Å². The van der Waals surface area contributed by atoms with Crippen LogP contribution in [0, 0.1) is 0 Å². The van der Waals surface area contributed by atoms with Gasteiger partial charge in [-0.05, 0) is 13.8 Å². The second-order valence-corrected chi connectivity index (χ2v) is 5.21. The highest BCUT2D eigenvalue weighted by atomic mass is 16.5. The summed E-state index contributed by atoms with van der Waals surface area (Å²) in [5.41, 5.74) is 0.840. The second-order valence-electron chi connectivity index (χ2n) is 5.21. The fraction of sp³-hybridized carbons (Fsp3) is 0.600. The van der Waals surface area contributed by atoms with Crippen LogP contribution in [0.15, 0.2) is 12.2 Å². The van der Waals surface area contributed by atoms with Crippen LogP contribution in [0.2, 0.25) is 0 Å². The van der Waals surface area contributed by atoms with Gasteiger partial charge in [-0.1, -0.05) is 12.2 Å². The summed E-state index contributed by atoms with van der Waals surface area (Å²) in [6.07, 6.45) is 0.287. The summed E-state index contributed by atoms with van der Waals surface area (Å²) in [5, 5.41) is 0. The van der Waals surface area contributed by atoms with Gasteiger partial charge in [0.2, 0.25) is 11.8 Å². The molecule has 0 aromatic carbocycles. The molecule has 1 aliphatic rings. The van der Waals surface area contributed by atoms with Crippen molar-refractivity contribution in [3.05, 3.63) is 12.2 Å². The third-order valence-corrected chi connectivity index (χ3v) is 3.25. The van der Waals surface area contributed by atoms with E-state index < -0.39 is 5.97 Å². The van der Waals surface area contributed by atoms with Crippen molar-refractivity contribution >= 4 is 23.7 Å². The van der Waals surface area contributed by atoms with E-state index in [2.05, 4.69) is 6.58 Å². The molecular formula is C15H22N2O5. The third kappa shape index (κ3) is 5.31. The van der Waals surface area contributed by atoms with Gasteiger partial charge in [0.25, 0.3) is 5.91 Å². The molecule has 0 saturated carbocycles. The van der Waals surface area contributed by atoms with E-state index in [-0.39, 0.29) is 50.1 Å². The SMILES string of the molecule is C=C(C)CN(CC)C(=O)COC(=O)CCN1C(=O)CCC1=O. The molecule has 0 atom stereocenters. The number of likely N-dealkylation sites (tertiary alicyclic amines) is 1. The summed E-state index contributed by atoms with van der Waals surface area (Å²) >= 11 is 0. The van der Waals surface area contributed by atoms with Gasteiger partial charge in [0.05, 0.1) is 6.42 Å². The molecular weight excluding hydrogens is 288 g/mol. The molecule has 1 fully saturated rings. The van der Waals surface area contributed by atoms with Crippen LogP contribution in [0.5, 0.6) is 0 Å². The van der Waals surface area contributed by atoms with E-state index >= 15 is 0 Å². The Labute approximate surface area is 129 Å². The molecule has 1 rings (SSSR count). The number of carbonyl (C=O) groups is 4. The van der Waals surface area contributed by atoms with Crippen molar-refractivity contribution in [1.82, 2.24) is 9.80 Å². The van der Waals surface area contributed by atoms with Gasteiger partial charge in [-0.2, -0.15) is 0 Å².